The Bertz CT molecular complexity index is 269. The van der Waals surface area contributed by atoms with Gasteiger partial charge in [0.05, 0.1) is 12.1 Å². The zero-order chi connectivity index (χ0) is 9.14. The van der Waals surface area contributed by atoms with Gasteiger partial charge in [0, 0.05) is 0 Å². The minimum Gasteiger partial charge on any atom is -0.495 e. The number of ether oxygens (including phenoxy) is 1. The van der Waals surface area contributed by atoms with E-state index in [1.807, 2.05) is 6.07 Å². The largest absolute Gasteiger partial charge is 0.495 e. The van der Waals surface area contributed by atoms with Gasteiger partial charge in [-0.3, -0.25) is 0 Å². The maximum Gasteiger partial charge on any atom is 0.140 e. The first-order chi connectivity index (χ1) is 5.66. The molecule has 1 radical (unpaired) electrons. The van der Waals surface area contributed by atoms with E-state index in [1.54, 1.807) is 13.2 Å². The van der Waals surface area contributed by atoms with Gasteiger partial charge in [0.25, 0.3) is 0 Å². The number of methoxy groups -OCH3 is 1. The van der Waals surface area contributed by atoms with E-state index in [0.29, 0.717) is 10.9 Å². The number of hydrogen-bond donors (Lipinski definition) is 0. The van der Waals surface area contributed by atoms with Crippen LogP contribution in [-0.2, 0) is 0 Å². The Hall–Kier alpha value is -0.690. The van der Waals surface area contributed by atoms with Crippen LogP contribution in [-0.4, -0.2) is 7.11 Å². The van der Waals surface area contributed by atoms with Crippen LogP contribution in [0.15, 0.2) is 12.1 Å². The van der Waals surface area contributed by atoms with E-state index >= 15 is 0 Å². The minimum atomic E-state index is 0.412. The van der Waals surface area contributed by atoms with Crippen molar-refractivity contribution in [3.8, 4) is 5.75 Å². The van der Waals surface area contributed by atoms with Gasteiger partial charge < -0.3 is 4.74 Å². The number of halogens is 1. The lowest BCUT2D eigenvalue weighted by molar-refractivity contribution is 0.408. The van der Waals surface area contributed by atoms with Crippen molar-refractivity contribution in [3.63, 3.8) is 0 Å². The van der Waals surface area contributed by atoms with Crippen molar-refractivity contribution in [3.05, 3.63) is 28.8 Å². The molecule has 0 aliphatic heterocycles. The van der Waals surface area contributed by atoms with Gasteiger partial charge in [-0.1, -0.05) is 25.4 Å². The third-order valence-corrected chi connectivity index (χ3v) is 2.03. The molecule has 0 aliphatic rings. The summed E-state index contributed by atoms with van der Waals surface area (Å²) >= 11 is 5.92. The summed E-state index contributed by atoms with van der Waals surface area (Å²) in [7, 11) is 1.63. The third-order valence-electron chi connectivity index (χ3n) is 1.75. The Morgan fingerprint density at radius 2 is 2.08 bits per heavy atom. The molecule has 0 amide bonds. The van der Waals surface area contributed by atoms with Crippen molar-refractivity contribution in [1.82, 2.24) is 0 Å². The Morgan fingerprint density at radius 1 is 1.42 bits per heavy atom. The van der Waals surface area contributed by atoms with Crippen LogP contribution in [0.1, 0.15) is 25.3 Å². The van der Waals surface area contributed by atoms with Crippen LogP contribution in [0.2, 0.25) is 5.02 Å². The van der Waals surface area contributed by atoms with Crippen molar-refractivity contribution in [2.24, 2.45) is 0 Å². The molecule has 0 fully saturated rings. The Kier molecular flexibility index (Phi) is 2.99. The SMILES string of the molecule is COc1c(Cl)c[c]cc1C(C)C. The zero-order valence-corrected chi connectivity index (χ0v) is 8.27. The highest BCUT2D eigenvalue weighted by Gasteiger charge is 2.09. The van der Waals surface area contributed by atoms with E-state index in [4.69, 9.17) is 16.3 Å². The first-order valence-corrected chi connectivity index (χ1v) is 4.28. The fourth-order valence-corrected chi connectivity index (χ4v) is 1.37. The molecule has 0 spiro atoms. The molecule has 0 N–H and O–H groups in total. The van der Waals surface area contributed by atoms with Crippen LogP contribution < -0.4 is 4.74 Å². The predicted octanol–water partition coefficient (Wildman–Crippen LogP) is 3.27. The van der Waals surface area contributed by atoms with E-state index in [1.165, 1.54) is 0 Å². The summed E-state index contributed by atoms with van der Waals surface area (Å²) in [6, 6.07) is 6.60. The second-order valence-corrected chi connectivity index (χ2v) is 3.35. The smallest absolute Gasteiger partial charge is 0.140 e. The highest BCUT2D eigenvalue weighted by atomic mass is 35.5. The van der Waals surface area contributed by atoms with Crippen LogP contribution in [0.25, 0.3) is 0 Å². The maximum absolute atomic E-state index is 5.92. The molecule has 12 heavy (non-hydrogen) atoms. The van der Waals surface area contributed by atoms with Gasteiger partial charge in [0.1, 0.15) is 5.75 Å². The van der Waals surface area contributed by atoms with Gasteiger partial charge in [-0.25, -0.2) is 0 Å². The lowest BCUT2D eigenvalue weighted by Gasteiger charge is -2.11. The number of hydrogen-bond acceptors (Lipinski definition) is 1. The summed E-state index contributed by atoms with van der Waals surface area (Å²) in [5.74, 6) is 1.18. The van der Waals surface area contributed by atoms with Crippen molar-refractivity contribution in [1.29, 1.82) is 0 Å². The molecule has 1 aromatic rings. The topological polar surface area (TPSA) is 9.23 Å². The summed E-state index contributed by atoms with van der Waals surface area (Å²) < 4.78 is 5.19. The van der Waals surface area contributed by atoms with Crippen molar-refractivity contribution in [2.45, 2.75) is 19.8 Å². The van der Waals surface area contributed by atoms with Crippen molar-refractivity contribution < 1.29 is 4.74 Å². The van der Waals surface area contributed by atoms with E-state index < -0.39 is 0 Å². The molecule has 0 saturated carbocycles. The quantitative estimate of drug-likeness (QED) is 0.684. The summed E-state index contributed by atoms with van der Waals surface area (Å²) in [6.45, 7) is 4.20. The van der Waals surface area contributed by atoms with Gasteiger partial charge in [-0.05, 0) is 29.7 Å². The van der Waals surface area contributed by atoms with Crippen LogP contribution in [0.3, 0.4) is 0 Å². The molecule has 2 heteroatoms. The lowest BCUT2D eigenvalue weighted by atomic mass is 10.0. The van der Waals surface area contributed by atoms with Gasteiger partial charge in [0.2, 0.25) is 0 Å². The zero-order valence-electron chi connectivity index (χ0n) is 7.52. The fourth-order valence-electron chi connectivity index (χ4n) is 1.12. The molecular weight excluding hydrogens is 172 g/mol. The molecule has 0 heterocycles. The van der Waals surface area contributed by atoms with Crippen LogP contribution in [0.5, 0.6) is 5.75 Å². The number of rotatable bonds is 2. The third kappa shape index (κ3) is 1.72. The van der Waals surface area contributed by atoms with E-state index in [0.717, 1.165) is 11.3 Å². The molecule has 0 aliphatic carbocycles. The van der Waals surface area contributed by atoms with Crippen LogP contribution >= 0.6 is 11.6 Å². The summed E-state index contributed by atoms with van der Waals surface area (Å²) in [5.41, 5.74) is 1.10. The van der Waals surface area contributed by atoms with Crippen molar-refractivity contribution >= 4 is 11.6 Å². The van der Waals surface area contributed by atoms with Gasteiger partial charge in [-0.15, -0.1) is 0 Å². The summed E-state index contributed by atoms with van der Waals surface area (Å²) in [5, 5.41) is 0.628. The average Bonchev–Trinajstić information content (AvgIpc) is 2.03. The Morgan fingerprint density at radius 3 is 2.50 bits per heavy atom. The van der Waals surface area contributed by atoms with Crippen LogP contribution in [0, 0.1) is 6.07 Å². The standard InChI is InChI=1S/C10H12ClO/c1-7(2)8-5-4-6-9(11)10(8)12-3/h5-7H,1-3H3. The number of benzene rings is 1. The molecule has 1 nitrogen and oxygen atoms in total. The van der Waals surface area contributed by atoms with Gasteiger partial charge >= 0.3 is 0 Å². The second-order valence-electron chi connectivity index (χ2n) is 2.95. The molecule has 1 rings (SSSR count). The molecule has 0 aromatic heterocycles. The van der Waals surface area contributed by atoms with Gasteiger partial charge in [0.15, 0.2) is 0 Å². The second kappa shape index (κ2) is 3.81. The van der Waals surface area contributed by atoms with Gasteiger partial charge in [-0.2, -0.15) is 0 Å². The van der Waals surface area contributed by atoms with E-state index in [2.05, 4.69) is 19.9 Å². The van der Waals surface area contributed by atoms with Crippen molar-refractivity contribution in [2.75, 3.05) is 7.11 Å². The molecule has 1 aromatic carbocycles. The lowest BCUT2D eigenvalue weighted by Crippen LogP contribution is -1.94. The van der Waals surface area contributed by atoms with E-state index in [-0.39, 0.29) is 0 Å². The fraction of sp³-hybridized carbons (Fsp3) is 0.400. The van der Waals surface area contributed by atoms with E-state index in [9.17, 15) is 0 Å². The first-order valence-electron chi connectivity index (χ1n) is 3.90. The molecule has 65 valence electrons. The molecule has 0 bridgehead atoms. The molecular formula is C10H12ClO. The Labute approximate surface area is 78.3 Å². The van der Waals surface area contributed by atoms with Crippen LogP contribution in [0.4, 0.5) is 0 Å². The molecule has 0 atom stereocenters. The minimum absolute atomic E-state index is 0.412. The molecule has 0 saturated heterocycles. The normalized spacial score (nSPS) is 10.4. The monoisotopic (exact) mass is 183 g/mol. The highest BCUT2D eigenvalue weighted by molar-refractivity contribution is 6.32. The summed E-state index contributed by atoms with van der Waals surface area (Å²) in [6.07, 6.45) is 0. The predicted molar refractivity (Wildman–Crippen MR) is 50.9 cm³/mol. The maximum atomic E-state index is 5.92. The first kappa shape index (κ1) is 9.40. The highest BCUT2D eigenvalue weighted by Crippen LogP contribution is 2.32. The summed E-state index contributed by atoms with van der Waals surface area (Å²) in [4.78, 5) is 0. The Balaban J connectivity index is 3.18. The average molecular weight is 184 g/mol. The molecule has 0 unspecified atom stereocenters.